The van der Waals surface area contributed by atoms with E-state index >= 15 is 0 Å². The van der Waals surface area contributed by atoms with Gasteiger partial charge in [0.2, 0.25) is 0 Å². The third kappa shape index (κ3) is 5.71. The van der Waals surface area contributed by atoms with Crippen molar-refractivity contribution in [3.63, 3.8) is 0 Å². The van der Waals surface area contributed by atoms with Crippen molar-refractivity contribution in [1.82, 2.24) is 5.32 Å². The van der Waals surface area contributed by atoms with E-state index < -0.39 is 11.0 Å². The summed E-state index contributed by atoms with van der Waals surface area (Å²) in [6, 6.07) is -0.282. The molecule has 0 aromatic heterocycles. The second-order valence-electron chi connectivity index (χ2n) is 6.84. The van der Waals surface area contributed by atoms with Crippen LogP contribution in [0.4, 0.5) is 0 Å². The van der Waals surface area contributed by atoms with E-state index in [1.807, 2.05) is 34.6 Å². The summed E-state index contributed by atoms with van der Waals surface area (Å²) in [5.41, 5.74) is 4.48. The first-order valence-electron chi connectivity index (χ1n) is 7.61. The van der Waals surface area contributed by atoms with Gasteiger partial charge in [-0.1, -0.05) is 34.1 Å². The Hall–Kier alpha value is -0.740. The van der Waals surface area contributed by atoms with Gasteiger partial charge in [0.25, 0.3) is 0 Å². The monoisotopic (exact) mass is 284 g/mol. The topological polar surface area (TPSA) is 72.2 Å². The molecule has 0 aromatic carbocycles. The number of rotatable bonds is 9. The average Bonchev–Trinajstić information content (AvgIpc) is 2.35. The Morgan fingerprint density at radius 2 is 1.70 bits per heavy atom. The summed E-state index contributed by atoms with van der Waals surface area (Å²) in [6.07, 6.45) is 3.20. The molecule has 0 spiro atoms. The fourth-order valence-corrected chi connectivity index (χ4v) is 2.12. The molecule has 2 atom stereocenters. The van der Waals surface area contributed by atoms with E-state index in [0.717, 1.165) is 19.3 Å². The van der Waals surface area contributed by atoms with Crippen LogP contribution in [0.5, 0.6) is 0 Å². The Labute approximate surface area is 123 Å². The van der Waals surface area contributed by atoms with Crippen molar-refractivity contribution in [1.29, 1.82) is 0 Å². The standard InChI is InChI=1S/C16H32N2O2/c1-7-16(6,12(2)19)18-13(10-8-9-11-17)14(20)15(3,4)5/h13,18H,7-11,17H2,1-6H3. The normalized spacial score (nSPS) is 16.6. The van der Waals surface area contributed by atoms with Gasteiger partial charge in [0.1, 0.15) is 5.78 Å². The molecule has 0 amide bonds. The Balaban J connectivity index is 5.03. The zero-order valence-corrected chi connectivity index (χ0v) is 14.0. The van der Waals surface area contributed by atoms with E-state index in [1.54, 1.807) is 6.92 Å². The maximum atomic E-state index is 12.6. The largest absolute Gasteiger partial charge is 0.330 e. The Morgan fingerprint density at radius 3 is 2.05 bits per heavy atom. The molecule has 4 heteroatoms. The predicted octanol–water partition coefficient (Wildman–Crippen LogP) is 2.45. The fraction of sp³-hybridized carbons (Fsp3) is 0.875. The highest BCUT2D eigenvalue weighted by Crippen LogP contribution is 2.22. The number of unbranched alkanes of at least 4 members (excludes halogenated alkanes) is 1. The number of carbonyl (C=O) groups excluding carboxylic acids is 2. The molecular formula is C16H32N2O2. The summed E-state index contributed by atoms with van der Waals surface area (Å²) in [7, 11) is 0. The predicted molar refractivity (Wildman–Crippen MR) is 83.7 cm³/mol. The summed E-state index contributed by atoms with van der Waals surface area (Å²) in [5.74, 6) is 0.237. The van der Waals surface area contributed by atoms with Crippen molar-refractivity contribution in [2.24, 2.45) is 11.1 Å². The zero-order valence-electron chi connectivity index (χ0n) is 14.0. The van der Waals surface area contributed by atoms with Crippen LogP contribution < -0.4 is 11.1 Å². The SMILES string of the molecule is CCC(C)(NC(CCCCN)C(=O)C(C)(C)C)C(C)=O. The van der Waals surface area contributed by atoms with Gasteiger partial charge in [0.15, 0.2) is 5.78 Å². The molecule has 0 aliphatic heterocycles. The highest BCUT2D eigenvalue weighted by Gasteiger charge is 2.36. The van der Waals surface area contributed by atoms with E-state index in [4.69, 9.17) is 5.73 Å². The lowest BCUT2D eigenvalue weighted by atomic mass is 9.82. The Kier molecular flexibility index (Phi) is 7.60. The molecule has 0 aromatic rings. The van der Waals surface area contributed by atoms with Gasteiger partial charge in [0.05, 0.1) is 11.6 Å². The molecule has 3 N–H and O–H groups in total. The number of carbonyl (C=O) groups is 2. The smallest absolute Gasteiger partial charge is 0.155 e. The summed E-state index contributed by atoms with van der Waals surface area (Å²) in [6.45, 7) is 11.8. The van der Waals surface area contributed by atoms with E-state index in [9.17, 15) is 9.59 Å². The summed E-state index contributed by atoms with van der Waals surface area (Å²) < 4.78 is 0. The van der Waals surface area contributed by atoms with Crippen molar-refractivity contribution in [2.45, 2.75) is 78.8 Å². The third-order valence-electron chi connectivity index (χ3n) is 3.98. The number of ketones is 2. The molecule has 0 saturated heterocycles. The number of nitrogens with one attached hydrogen (secondary N) is 1. The third-order valence-corrected chi connectivity index (χ3v) is 3.98. The second kappa shape index (κ2) is 7.89. The molecule has 0 rings (SSSR count). The average molecular weight is 284 g/mol. The number of nitrogens with two attached hydrogens (primary N) is 1. The van der Waals surface area contributed by atoms with Gasteiger partial charge in [-0.3, -0.25) is 14.9 Å². The minimum absolute atomic E-state index is 0.0746. The van der Waals surface area contributed by atoms with Crippen molar-refractivity contribution >= 4 is 11.6 Å². The molecule has 0 heterocycles. The van der Waals surface area contributed by atoms with E-state index in [2.05, 4.69) is 5.32 Å². The van der Waals surface area contributed by atoms with Gasteiger partial charge in [-0.15, -0.1) is 0 Å². The molecular weight excluding hydrogens is 252 g/mol. The lowest BCUT2D eigenvalue weighted by Gasteiger charge is -2.34. The van der Waals surface area contributed by atoms with Crippen molar-refractivity contribution in [2.75, 3.05) is 6.54 Å². The molecule has 0 fully saturated rings. The van der Waals surface area contributed by atoms with Crippen LogP contribution in [0, 0.1) is 5.41 Å². The molecule has 0 saturated carbocycles. The van der Waals surface area contributed by atoms with Gasteiger partial charge in [-0.25, -0.2) is 0 Å². The van der Waals surface area contributed by atoms with E-state index in [-0.39, 0.29) is 17.6 Å². The van der Waals surface area contributed by atoms with Crippen LogP contribution in [-0.2, 0) is 9.59 Å². The minimum atomic E-state index is -0.631. The summed E-state index contributed by atoms with van der Waals surface area (Å²) >= 11 is 0. The summed E-state index contributed by atoms with van der Waals surface area (Å²) in [5, 5.41) is 3.30. The fourth-order valence-electron chi connectivity index (χ4n) is 2.12. The van der Waals surface area contributed by atoms with Crippen molar-refractivity contribution in [3.05, 3.63) is 0 Å². The van der Waals surface area contributed by atoms with Crippen LogP contribution in [0.3, 0.4) is 0 Å². The zero-order chi connectivity index (χ0) is 16.0. The first-order chi connectivity index (χ1) is 9.08. The lowest BCUT2D eigenvalue weighted by Crippen LogP contribution is -2.56. The van der Waals surface area contributed by atoms with Crippen LogP contribution >= 0.6 is 0 Å². The van der Waals surface area contributed by atoms with Crippen LogP contribution in [0.2, 0.25) is 0 Å². The molecule has 20 heavy (non-hydrogen) atoms. The van der Waals surface area contributed by atoms with Crippen LogP contribution in [0.1, 0.15) is 67.2 Å². The van der Waals surface area contributed by atoms with Crippen LogP contribution in [0.15, 0.2) is 0 Å². The van der Waals surface area contributed by atoms with Crippen LogP contribution in [-0.4, -0.2) is 29.7 Å². The maximum absolute atomic E-state index is 12.6. The first-order valence-corrected chi connectivity index (χ1v) is 7.61. The van der Waals surface area contributed by atoms with Gasteiger partial charge < -0.3 is 5.73 Å². The van der Waals surface area contributed by atoms with Gasteiger partial charge >= 0.3 is 0 Å². The van der Waals surface area contributed by atoms with Gasteiger partial charge in [-0.2, -0.15) is 0 Å². The molecule has 2 unspecified atom stereocenters. The maximum Gasteiger partial charge on any atom is 0.155 e. The minimum Gasteiger partial charge on any atom is -0.330 e. The number of Topliss-reactive ketones (excluding diaryl/α,β-unsaturated/α-hetero) is 2. The number of hydrogen-bond donors (Lipinski definition) is 2. The molecule has 0 radical (unpaired) electrons. The van der Waals surface area contributed by atoms with Crippen LogP contribution in [0.25, 0.3) is 0 Å². The van der Waals surface area contributed by atoms with Crippen molar-refractivity contribution < 1.29 is 9.59 Å². The second-order valence-corrected chi connectivity index (χ2v) is 6.84. The quantitative estimate of drug-likeness (QED) is 0.638. The Bertz CT molecular complexity index is 334. The summed E-state index contributed by atoms with van der Waals surface area (Å²) in [4.78, 5) is 24.4. The molecule has 4 nitrogen and oxygen atoms in total. The highest BCUT2D eigenvalue weighted by molar-refractivity contribution is 5.91. The van der Waals surface area contributed by atoms with E-state index in [1.165, 1.54) is 0 Å². The molecule has 0 aliphatic rings. The van der Waals surface area contributed by atoms with Gasteiger partial charge in [-0.05, 0) is 39.7 Å². The number of hydrogen-bond acceptors (Lipinski definition) is 4. The van der Waals surface area contributed by atoms with Crippen molar-refractivity contribution in [3.8, 4) is 0 Å². The Morgan fingerprint density at radius 1 is 1.15 bits per heavy atom. The lowest BCUT2D eigenvalue weighted by molar-refractivity contribution is -0.130. The molecule has 0 bridgehead atoms. The van der Waals surface area contributed by atoms with E-state index in [0.29, 0.717) is 13.0 Å². The van der Waals surface area contributed by atoms with Gasteiger partial charge in [0, 0.05) is 5.41 Å². The molecule has 118 valence electrons. The molecule has 0 aliphatic carbocycles. The highest BCUT2D eigenvalue weighted by atomic mass is 16.1. The first kappa shape index (κ1) is 19.3.